The van der Waals surface area contributed by atoms with Crippen LogP contribution in [0, 0.1) is 0 Å². The molecule has 1 heterocycles. The Hall–Kier alpha value is -2.65. The van der Waals surface area contributed by atoms with Crippen LogP contribution in [-0.2, 0) is 0 Å². The van der Waals surface area contributed by atoms with Crippen molar-refractivity contribution in [1.29, 1.82) is 0 Å². The van der Waals surface area contributed by atoms with Crippen LogP contribution in [0.25, 0.3) is 33.2 Å². The summed E-state index contributed by atoms with van der Waals surface area (Å²) in [5, 5.41) is 2.11. The van der Waals surface area contributed by atoms with Gasteiger partial charge in [-0.15, -0.1) is 0 Å². The molecule has 124 valence electrons. The molecule has 0 amide bonds. The van der Waals surface area contributed by atoms with E-state index in [1.54, 1.807) is 18.9 Å². The molecule has 2 nitrogen and oxygen atoms in total. The van der Waals surface area contributed by atoms with Crippen LogP contribution in [0.2, 0.25) is 0 Å². The quantitative estimate of drug-likeness (QED) is 0.394. The Morgan fingerprint density at radius 3 is 2.00 bits per heavy atom. The zero-order valence-electron chi connectivity index (χ0n) is 14.2. The highest BCUT2D eigenvalue weighted by molar-refractivity contribution is 7.98. The number of benzene rings is 3. The summed E-state index contributed by atoms with van der Waals surface area (Å²) in [6.07, 6.45) is 2.05. The van der Waals surface area contributed by atoms with E-state index in [1.165, 1.54) is 22.3 Å². The number of thioether (sulfide) groups is 1. The van der Waals surface area contributed by atoms with Gasteiger partial charge in [0, 0.05) is 10.9 Å². The molecule has 0 saturated carbocycles. The van der Waals surface area contributed by atoms with Crippen molar-refractivity contribution in [1.82, 2.24) is 0 Å². The lowest BCUT2D eigenvalue weighted by atomic mass is 10.00. The van der Waals surface area contributed by atoms with Crippen molar-refractivity contribution in [2.75, 3.05) is 13.4 Å². The second-order valence-electron chi connectivity index (χ2n) is 5.77. The second kappa shape index (κ2) is 6.69. The zero-order chi connectivity index (χ0) is 17.2. The average molecular weight is 346 g/mol. The number of methoxy groups -OCH3 is 1. The molecule has 0 atom stereocenters. The minimum Gasteiger partial charge on any atom is -0.497 e. The molecular formula is C22H18O2S. The Kier molecular flexibility index (Phi) is 4.24. The summed E-state index contributed by atoms with van der Waals surface area (Å²) in [5.74, 6) is 0.870. The van der Waals surface area contributed by atoms with Crippen LogP contribution in [0.5, 0.6) is 5.75 Å². The van der Waals surface area contributed by atoms with Crippen molar-refractivity contribution in [3.63, 3.8) is 0 Å². The van der Waals surface area contributed by atoms with Crippen LogP contribution in [-0.4, -0.2) is 13.4 Å². The topological polar surface area (TPSA) is 22.4 Å². The van der Waals surface area contributed by atoms with Crippen LogP contribution in [0.3, 0.4) is 0 Å². The molecule has 0 aliphatic rings. The molecule has 1 aromatic heterocycles. The minimum atomic E-state index is 0.870. The van der Waals surface area contributed by atoms with Gasteiger partial charge in [-0.25, -0.2) is 0 Å². The van der Waals surface area contributed by atoms with Gasteiger partial charge in [-0.05, 0) is 41.1 Å². The molecule has 3 heteroatoms. The van der Waals surface area contributed by atoms with Crippen LogP contribution < -0.4 is 4.74 Å². The van der Waals surface area contributed by atoms with Crippen LogP contribution in [0.4, 0.5) is 0 Å². The highest BCUT2D eigenvalue weighted by Crippen LogP contribution is 2.40. The summed E-state index contributed by atoms with van der Waals surface area (Å²) < 4.78 is 11.2. The van der Waals surface area contributed by atoms with E-state index in [2.05, 4.69) is 48.5 Å². The first-order valence-corrected chi connectivity index (χ1v) is 9.33. The number of rotatable bonds is 4. The van der Waals surface area contributed by atoms with Gasteiger partial charge in [0.25, 0.3) is 0 Å². The van der Waals surface area contributed by atoms with Crippen LogP contribution in [0.1, 0.15) is 0 Å². The van der Waals surface area contributed by atoms with Gasteiger partial charge in [-0.1, -0.05) is 66.4 Å². The summed E-state index contributed by atoms with van der Waals surface area (Å²) >= 11 is 1.64. The fourth-order valence-corrected chi connectivity index (χ4v) is 3.66. The van der Waals surface area contributed by atoms with Crippen molar-refractivity contribution < 1.29 is 9.15 Å². The SMILES string of the molecule is COc1ccc(-c2ccc(-c3c(SC)oc4ccccc34)cc2)cc1. The highest BCUT2D eigenvalue weighted by Gasteiger charge is 2.15. The lowest BCUT2D eigenvalue weighted by molar-refractivity contribution is 0.415. The number of furan rings is 1. The van der Waals surface area contributed by atoms with Crippen LogP contribution in [0.15, 0.2) is 82.3 Å². The maximum atomic E-state index is 5.99. The fourth-order valence-electron chi connectivity index (χ4n) is 3.05. The molecule has 0 radical (unpaired) electrons. The maximum Gasteiger partial charge on any atom is 0.169 e. The number of para-hydroxylation sites is 1. The van der Waals surface area contributed by atoms with Crippen molar-refractivity contribution in [3.8, 4) is 28.0 Å². The largest absolute Gasteiger partial charge is 0.497 e. The van der Waals surface area contributed by atoms with E-state index in [4.69, 9.17) is 9.15 Å². The number of hydrogen-bond donors (Lipinski definition) is 0. The zero-order valence-corrected chi connectivity index (χ0v) is 15.0. The summed E-state index contributed by atoms with van der Waals surface area (Å²) in [6.45, 7) is 0. The molecule has 0 bridgehead atoms. The molecule has 0 fully saturated rings. The lowest BCUT2D eigenvalue weighted by Crippen LogP contribution is -1.83. The Morgan fingerprint density at radius 2 is 1.36 bits per heavy atom. The van der Waals surface area contributed by atoms with Crippen molar-refractivity contribution in [2.24, 2.45) is 0 Å². The number of ether oxygens (including phenoxy) is 1. The van der Waals surface area contributed by atoms with Gasteiger partial charge < -0.3 is 9.15 Å². The third-order valence-electron chi connectivity index (χ3n) is 4.35. The molecule has 0 aliphatic heterocycles. The van der Waals surface area contributed by atoms with Gasteiger partial charge in [-0.3, -0.25) is 0 Å². The van der Waals surface area contributed by atoms with Crippen molar-refractivity contribution in [2.45, 2.75) is 5.09 Å². The fraction of sp³-hybridized carbons (Fsp3) is 0.0909. The minimum absolute atomic E-state index is 0.870. The smallest absolute Gasteiger partial charge is 0.169 e. The maximum absolute atomic E-state index is 5.99. The Morgan fingerprint density at radius 1 is 0.760 bits per heavy atom. The Balaban J connectivity index is 1.75. The third kappa shape index (κ3) is 2.92. The van der Waals surface area contributed by atoms with Crippen LogP contribution >= 0.6 is 11.8 Å². The lowest BCUT2D eigenvalue weighted by Gasteiger charge is -2.06. The summed E-state index contributed by atoms with van der Waals surface area (Å²) in [4.78, 5) is 0. The normalized spacial score (nSPS) is 11.0. The van der Waals surface area contributed by atoms with Gasteiger partial charge in [-0.2, -0.15) is 0 Å². The van der Waals surface area contributed by atoms with Crippen molar-refractivity contribution in [3.05, 3.63) is 72.8 Å². The van der Waals surface area contributed by atoms with E-state index >= 15 is 0 Å². The Labute approximate surface area is 151 Å². The first-order valence-electron chi connectivity index (χ1n) is 8.10. The first-order chi connectivity index (χ1) is 12.3. The van der Waals surface area contributed by atoms with Gasteiger partial charge in [0.15, 0.2) is 5.09 Å². The van der Waals surface area contributed by atoms with Crippen molar-refractivity contribution >= 4 is 22.7 Å². The molecular weight excluding hydrogens is 328 g/mol. The molecule has 0 spiro atoms. The summed E-state index contributed by atoms with van der Waals surface area (Å²) in [7, 11) is 1.68. The van der Waals surface area contributed by atoms with E-state index in [0.29, 0.717) is 0 Å². The standard InChI is InChI=1S/C22H18O2S/c1-23-18-13-11-16(12-14-18)15-7-9-17(10-8-15)21-19-5-3-4-6-20(19)24-22(21)25-2/h3-14H,1-2H3. The number of hydrogen-bond acceptors (Lipinski definition) is 3. The van der Waals surface area contributed by atoms with Gasteiger partial charge >= 0.3 is 0 Å². The summed E-state index contributed by atoms with van der Waals surface area (Å²) in [5.41, 5.74) is 5.64. The monoisotopic (exact) mass is 346 g/mol. The molecule has 0 N–H and O–H groups in total. The molecule has 0 unspecified atom stereocenters. The first kappa shape index (κ1) is 15.9. The number of fused-ring (bicyclic) bond motifs is 1. The molecule has 0 saturated heterocycles. The molecule has 4 aromatic rings. The van der Waals surface area contributed by atoms with E-state index in [1.807, 2.05) is 30.5 Å². The van der Waals surface area contributed by atoms with E-state index in [0.717, 1.165) is 21.8 Å². The highest BCUT2D eigenvalue weighted by atomic mass is 32.2. The Bertz CT molecular complexity index is 999. The van der Waals surface area contributed by atoms with E-state index in [9.17, 15) is 0 Å². The average Bonchev–Trinajstić information content (AvgIpc) is 3.07. The predicted molar refractivity (Wildman–Crippen MR) is 105 cm³/mol. The molecule has 4 rings (SSSR count). The second-order valence-corrected chi connectivity index (χ2v) is 6.55. The molecule has 25 heavy (non-hydrogen) atoms. The molecule has 3 aromatic carbocycles. The van der Waals surface area contributed by atoms with Gasteiger partial charge in [0.1, 0.15) is 11.3 Å². The predicted octanol–water partition coefficient (Wildman–Crippen LogP) is 6.50. The summed E-state index contributed by atoms with van der Waals surface area (Å²) in [6, 6.07) is 25.0. The van der Waals surface area contributed by atoms with E-state index in [-0.39, 0.29) is 0 Å². The molecule has 0 aliphatic carbocycles. The van der Waals surface area contributed by atoms with Gasteiger partial charge in [0.05, 0.1) is 7.11 Å². The third-order valence-corrected chi connectivity index (χ3v) is 5.00. The van der Waals surface area contributed by atoms with Gasteiger partial charge in [0.2, 0.25) is 0 Å². The van der Waals surface area contributed by atoms with E-state index < -0.39 is 0 Å².